The topological polar surface area (TPSA) is 52.0 Å². The maximum atomic E-state index is 5.82. The molecule has 0 saturated heterocycles. The second-order valence-corrected chi connectivity index (χ2v) is 5.06. The molecule has 1 aromatic heterocycles. The van der Waals surface area contributed by atoms with Crippen molar-refractivity contribution >= 4 is 16.8 Å². The minimum atomic E-state index is 0.599. The molecule has 2 aromatic rings. The van der Waals surface area contributed by atoms with Crippen molar-refractivity contribution in [3.63, 3.8) is 0 Å². The maximum Gasteiger partial charge on any atom is 0.199 e. The van der Waals surface area contributed by atoms with Crippen molar-refractivity contribution in [2.24, 2.45) is 11.8 Å². The van der Waals surface area contributed by atoms with E-state index in [0.717, 1.165) is 34.5 Å². The Morgan fingerprint density at radius 3 is 2.88 bits per heavy atom. The molecule has 1 heterocycles. The molecule has 2 unspecified atom stereocenters. The highest BCUT2D eigenvalue weighted by atomic mass is 16.3. The number of oxazole rings is 1. The lowest BCUT2D eigenvalue weighted by Gasteiger charge is -1.95. The fourth-order valence-electron chi connectivity index (χ4n) is 3.29. The first-order chi connectivity index (χ1) is 7.83. The third kappa shape index (κ3) is 1.06. The third-order valence-electron chi connectivity index (χ3n) is 4.12. The summed E-state index contributed by atoms with van der Waals surface area (Å²) < 4.78 is 5.82. The van der Waals surface area contributed by atoms with Gasteiger partial charge in [0, 0.05) is 11.6 Å². The van der Waals surface area contributed by atoms with Crippen LogP contribution in [-0.2, 0) is 0 Å². The van der Waals surface area contributed by atoms with Crippen LogP contribution in [0, 0.1) is 11.8 Å². The molecular weight excluding hydrogens is 200 g/mol. The highest BCUT2D eigenvalue weighted by Crippen LogP contribution is 2.62. The van der Waals surface area contributed by atoms with Crippen LogP contribution in [0.15, 0.2) is 22.6 Å². The molecule has 0 spiro atoms. The van der Waals surface area contributed by atoms with E-state index in [1.54, 1.807) is 0 Å². The van der Waals surface area contributed by atoms with E-state index in [9.17, 15) is 0 Å². The second kappa shape index (κ2) is 2.78. The molecule has 16 heavy (non-hydrogen) atoms. The minimum Gasteiger partial charge on any atom is -0.440 e. The summed E-state index contributed by atoms with van der Waals surface area (Å²) in [7, 11) is 0. The molecule has 3 nitrogen and oxygen atoms in total. The number of hydrogen-bond donors (Lipinski definition) is 1. The summed E-state index contributed by atoms with van der Waals surface area (Å²) in [6, 6.07) is 5.67. The molecule has 2 aliphatic rings. The molecule has 0 bridgehead atoms. The van der Waals surface area contributed by atoms with Crippen molar-refractivity contribution < 1.29 is 4.42 Å². The molecule has 2 saturated carbocycles. The van der Waals surface area contributed by atoms with Crippen molar-refractivity contribution in [1.82, 2.24) is 4.98 Å². The Hall–Kier alpha value is -1.51. The summed E-state index contributed by atoms with van der Waals surface area (Å²) in [6.45, 7) is 0. The molecule has 2 fully saturated rings. The standard InChI is InChI=1S/C13H14N2O/c14-7-4-5-11-10(6-7)15-13(16-11)12-8-2-1-3-9(8)12/h4-6,8-9,12H,1-3,14H2. The summed E-state index contributed by atoms with van der Waals surface area (Å²) in [6.07, 6.45) is 4.10. The zero-order valence-electron chi connectivity index (χ0n) is 9.02. The van der Waals surface area contributed by atoms with Gasteiger partial charge in [-0.3, -0.25) is 0 Å². The van der Waals surface area contributed by atoms with E-state index in [1.807, 2.05) is 18.2 Å². The summed E-state index contributed by atoms with van der Waals surface area (Å²) >= 11 is 0. The molecule has 82 valence electrons. The summed E-state index contributed by atoms with van der Waals surface area (Å²) in [4.78, 5) is 4.57. The van der Waals surface area contributed by atoms with Crippen LogP contribution in [0.2, 0.25) is 0 Å². The highest BCUT2D eigenvalue weighted by molar-refractivity contribution is 5.76. The average Bonchev–Trinajstić information content (AvgIpc) is 2.68. The zero-order valence-corrected chi connectivity index (χ0v) is 9.02. The van der Waals surface area contributed by atoms with Gasteiger partial charge in [-0.25, -0.2) is 4.98 Å². The predicted octanol–water partition coefficient (Wildman–Crippen LogP) is 2.92. The van der Waals surface area contributed by atoms with Crippen LogP contribution in [0.4, 0.5) is 5.69 Å². The van der Waals surface area contributed by atoms with Crippen molar-refractivity contribution in [1.29, 1.82) is 0 Å². The predicted molar refractivity (Wildman–Crippen MR) is 62.0 cm³/mol. The van der Waals surface area contributed by atoms with E-state index in [0.29, 0.717) is 5.92 Å². The quantitative estimate of drug-likeness (QED) is 0.742. The monoisotopic (exact) mass is 214 g/mol. The van der Waals surface area contributed by atoms with Crippen molar-refractivity contribution in [3.8, 4) is 0 Å². The normalized spacial score (nSPS) is 31.9. The van der Waals surface area contributed by atoms with Gasteiger partial charge in [0.05, 0.1) is 0 Å². The molecule has 1 aromatic carbocycles. The van der Waals surface area contributed by atoms with Gasteiger partial charge >= 0.3 is 0 Å². The Kier molecular flexibility index (Phi) is 1.50. The minimum absolute atomic E-state index is 0.599. The van der Waals surface area contributed by atoms with Crippen LogP contribution in [-0.4, -0.2) is 4.98 Å². The lowest BCUT2D eigenvalue weighted by Crippen LogP contribution is -1.87. The molecule has 3 heteroatoms. The van der Waals surface area contributed by atoms with Gasteiger partial charge in [0.2, 0.25) is 0 Å². The Morgan fingerprint density at radius 1 is 1.25 bits per heavy atom. The Labute approximate surface area is 93.6 Å². The highest BCUT2D eigenvalue weighted by Gasteiger charge is 2.55. The number of hydrogen-bond acceptors (Lipinski definition) is 3. The number of anilines is 1. The van der Waals surface area contributed by atoms with Gasteiger partial charge in [0.25, 0.3) is 0 Å². The lowest BCUT2D eigenvalue weighted by molar-refractivity contribution is 0.498. The first-order valence-corrected chi connectivity index (χ1v) is 5.99. The van der Waals surface area contributed by atoms with Gasteiger partial charge in [-0.1, -0.05) is 6.42 Å². The Balaban J connectivity index is 1.76. The van der Waals surface area contributed by atoms with Crippen LogP contribution in [0.25, 0.3) is 11.1 Å². The summed E-state index contributed by atoms with van der Waals surface area (Å²) in [5.74, 6) is 3.24. The van der Waals surface area contributed by atoms with Gasteiger partial charge < -0.3 is 10.2 Å². The zero-order chi connectivity index (χ0) is 10.7. The molecule has 4 rings (SSSR count). The van der Waals surface area contributed by atoms with Gasteiger partial charge in [-0.15, -0.1) is 0 Å². The number of nitrogen functional groups attached to an aromatic ring is 1. The van der Waals surface area contributed by atoms with Crippen LogP contribution < -0.4 is 5.73 Å². The van der Waals surface area contributed by atoms with E-state index < -0.39 is 0 Å². The Morgan fingerprint density at radius 2 is 2.06 bits per heavy atom. The van der Waals surface area contributed by atoms with E-state index in [4.69, 9.17) is 10.2 Å². The number of nitrogens with two attached hydrogens (primary N) is 1. The maximum absolute atomic E-state index is 5.82. The molecule has 2 aliphatic carbocycles. The number of benzene rings is 1. The first-order valence-electron chi connectivity index (χ1n) is 5.99. The van der Waals surface area contributed by atoms with Crippen LogP contribution in [0.5, 0.6) is 0 Å². The number of aromatic nitrogens is 1. The molecular formula is C13H14N2O. The Bertz CT molecular complexity index is 550. The van der Waals surface area contributed by atoms with Gasteiger partial charge in [-0.05, 0) is 42.9 Å². The fraction of sp³-hybridized carbons (Fsp3) is 0.462. The van der Waals surface area contributed by atoms with E-state index in [-0.39, 0.29) is 0 Å². The van der Waals surface area contributed by atoms with Crippen molar-refractivity contribution in [3.05, 3.63) is 24.1 Å². The summed E-state index contributed by atoms with van der Waals surface area (Å²) in [5, 5.41) is 0. The second-order valence-electron chi connectivity index (χ2n) is 5.06. The summed E-state index contributed by atoms with van der Waals surface area (Å²) in [5.41, 5.74) is 8.26. The average molecular weight is 214 g/mol. The largest absolute Gasteiger partial charge is 0.440 e. The van der Waals surface area contributed by atoms with E-state index in [2.05, 4.69) is 4.98 Å². The lowest BCUT2D eigenvalue weighted by atomic mass is 10.1. The van der Waals surface area contributed by atoms with Crippen LogP contribution in [0.1, 0.15) is 31.1 Å². The SMILES string of the molecule is Nc1ccc2oc(C3C4CCCC43)nc2c1. The number of fused-ring (bicyclic) bond motifs is 2. The molecule has 0 radical (unpaired) electrons. The first kappa shape index (κ1) is 8.62. The molecule has 2 N–H and O–H groups in total. The third-order valence-corrected chi connectivity index (χ3v) is 4.12. The molecule has 0 amide bonds. The van der Waals surface area contributed by atoms with Crippen LogP contribution >= 0.6 is 0 Å². The van der Waals surface area contributed by atoms with Gasteiger partial charge in [-0.2, -0.15) is 0 Å². The number of nitrogens with zero attached hydrogens (tertiary/aromatic N) is 1. The van der Waals surface area contributed by atoms with Gasteiger partial charge in [0.1, 0.15) is 5.52 Å². The smallest absolute Gasteiger partial charge is 0.199 e. The van der Waals surface area contributed by atoms with Crippen molar-refractivity contribution in [2.75, 3.05) is 5.73 Å². The number of rotatable bonds is 1. The van der Waals surface area contributed by atoms with E-state index >= 15 is 0 Å². The van der Waals surface area contributed by atoms with E-state index in [1.165, 1.54) is 19.3 Å². The van der Waals surface area contributed by atoms with Gasteiger partial charge in [0.15, 0.2) is 11.5 Å². The molecule has 0 aliphatic heterocycles. The van der Waals surface area contributed by atoms with Crippen molar-refractivity contribution in [2.45, 2.75) is 25.2 Å². The fourth-order valence-corrected chi connectivity index (χ4v) is 3.29. The molecule has 2 atom stereocenters. The van der Waals surface area contributed by atoms with Crippen LogP contribution in [0.3, 0.4) is 0 Å².